The van der Waals surface area contributed by atoms with Gasteiger partial charge < -0.3 is 38.3 Å². The molecule has 22 heavy (non-hydrogen) atoms. The lowest BCUT2D eigenvalue weighted by Crippen LogP contribution is -2.32. The molecule has 0 heterocycles. The molecule has 0 aromatic carbocycles. The SMILES string of the molecule is Cl.NC(N)=NCCCC(N)C(=O)O.N[C@@H](CC(=O)O)C(=O)O. The van der Waals surface area contributed by atoms with Crippen molar-refractivity contribution in [1.29, 1.82) is 0 Å². The van der Waals surface area contributed by atoms with E-state index in [-0.39, 0.29) is 18.4 Å². The minimum absolute atomic E-state index is 0. The van der Waals surface area contributed by atoms with Gasteiger partial charge in [-0.1, -0.05) is 0 Å². The van der Waals surface area contributed by atoms with Crippen molar-refractivity contribution in [3.05, 3.63) is 0 Å². The van der Waals surface area contributed by atoms with Crippen LogP contribution in [-0.2, 0) is 14.4 Å². The summed E-state index contributed by atoms with van der Waals surface area (Å²) >= 11 is 0. The second kappa shape index (κ2) is 13.9. The van der Waals surface area contributed by atoms with Gasteiger partial charge in [-0.15, -0.1) is 12.4 Å². The van der Waals surface area contributed by atoms with Crippen LogP contribution in [-0.4, -0.2) is 57.8 Å². The fraction of sp³-hybridized carbons (Fsp3) is 0.600. The van der Waals surface area contributed by atoms with Gasteiger partial charge in [-0.05, 0) is 12.8 Å². The highest BCUT2D eigenvalue weighted by molar-refractivity contribution is 5.85. The van der Waals surface area contributed by atoms with Crippen molar-refractivity contribution in [2.24, 2.45) is 27.9 Å². The number of halogens is 1. The predicted molar refractivity (Wildman–Crippen MR) is 80.6 cm³/mol. The number of nitrogens with two attached hydrogens (primary N) is 4. The van der Waals surface area contributed by atoms with Crippen molar-refractivity contribution in [2.45, 2.75) is 31.3 Å². The van der Waals surface area contributed by atoms with E-state index < -0.39 is 36.4 Å². The maximum Gasteiger partial charge on any atom is 0.321 e. The third-order valence-corrected chi connectivity index (χ3v) is 2.00. The Bertz CT molecular complexity index is 388. The fourth-order valence-corrected chi connectivity index (χ4v) is 0.918. The Morgan fingerprint density at radius 2 is 1.41 bits per heavy atom. The van der Waals surface area contributed by atoms with Crippen LogP contribution in [0.2, 0.25) is 0 Å². The normalized spacial score (nSPS) is 11.7. The van der Waals surface area contributed by atoms with Crippen LogP contribution in [0.3, 0.4) is 0 Å². The first-order chi connectivity index (χ1) is 9.57. The topological polar surface area (TPSA) is 228 Å². The first kappa shape index (κ1) is 24.9. The molecule has 2 atom stereocenters. The Kier molecular flexibility index (Phi) is 15.7. The zero-order valence-corrected chi connectivity index (χ0v) is 12.5. The summed E-state index contributed by atoms with van der Waals surface area (Å²) in [6.07, 6.45) is 0.423. The molecule has 0 aliphatic heterocycles. The van der Waals surface area contributed by atoms with E-state index in [4.69, 9.17) is 38.3 Å². The molecule has 130 valence electrons. The van der Waals surface area contributed by atoms with Gasteiger partial charge in [0.15, 0.2) is 5.96 Å². The van der Waals surface area contributed by atoms with Crippen LogP contribution in [0.15, 0.2) is 4.99 Å². The van der Waals surface area contributed by atoms with Crippen molar-refractivity contribution >= 4 is 36.3 Å². The molecule has 0 saturated heterocycles. The molecule has 0 aliphatic rings. The molecule has 0 saturated carbocycles. The number of carboxylic acid groups (broad SMARTS) is 3. The largest absolute Gasteiger partial charge is 0.481 e. The number of carbonyl (C=O) groups is 3. The van der Waals surface area contributed by atoms with Crippen LogP contribution in [0.25, 0.3) is 0 Å². The maximum absolute atomic E-state index is 10.2. The quantitative estimate of drug-likeness (QED) is 0.142. The number of hydrogen-bond acceptors (Lipinski definition) is 6. The van der Waals surface area contributed by atoms with Gasteiger partial charge in [0.25, 0.3) is 0 Å². The van der Waals surface area contributed by atoms with Crippen molar-refractivity contribution in [3.8, 4) is 0 Å². The van der Waals surface area contributed by atoms with Crippen LogP contribution in [0.4, 0.5) is 0 Å². The Hall–Kier alpha value is -2.11. The summed E-state index contributed by atoms with van der Waals surface area (Å²) in [5.74, 6) is -3.49. The molecule has 0 spiro atoms. The van der Waals surface area contributed by atoms with E-state index in [1.165, 1.54) is 0 Å². The van der Waals surface area contributed by atoms with Crippen LogP contribution >= 0.6 is 12.4 Å². The van der Waals surface area contributed by atoms with Gasteiger partial charge in [0, 0.05) is 6.54 Å². The number of guanidine groups is 1. The molecule has 12 heteroatoms. The molecule has 11 N–H and O–H groups in total. The first-order valence-corrected chi connectivity index (χ1v) is 5.81. The van der Waals surface area contributed by atoms with Crippen molar-refractivity contribution < 1.29 is 29.7 Å². The van der Waals surface area contributed by atoms with Crippen LogP contribution in [0.1, 0.15) is 19.3 Å². The zero-order chi connectivity index (χ0) is 17.0. The van der Waals surface area contributed by atoms with E-state index in [9.17, 15) is 14.4 Å². The van der Waals surface area contributed by atoms with Gasteiger partial charge in [-0.2, -0.15) is 0 Å². The smallest absolute Gasteiger partial charge is 0.321 e. The van der Waals surface area contributed by atoms with Crippen LogP contribution in [0.5, 0.6) is 0 Å². The summed E-state index contributed by atoms with van der Waals surface area (Å²) in [7, 11) is 0. The molecule has 1 unspecified atom stereocenters. The summed E-state index contributed by atoms with van der Waals surface area (Å²) in [6.45, 7) is 0.420. The number of hydrogen-bond donors (Lipinski definition) is 7. The highest BCUT2D eigenvalue weighted by Crippen LogP contribution is 1.94. The molecule has 0 amide bonds. The fourth-order valence-electron chi connectivity index (χ4n) is 0.918. The zero-order valence-electron chi connectivity index (χ0n) is 11.7. The molecule has 0 aromatic heterocycles. The van der Waals surface area contributed by atoms with Gasteiger partial charge in [-0.25, -0.2) is 0 Å². The van der Waals surface area contributed by atoms with E-state index in [2.05, 4.69) is 4.99 Å². The van der Waals surface area contributed by atoms with Crippen molar-refractivity contribution in [3.63, 3.8) is 0 Å². The average molecular weight is 344 g/mol. The Balaban J connectivity index is -0.000000326. The Morgan fingerprint density at radius 1 is 0.955 bits per heavy atom. The third-order valence-electron chi connectivity index (χ3n) is 2.00. The molecular weight excluding hydrogens is 322 g/mol. The summed E-state index contributed by atoms with van der Waals surface area (Å²) in [4.78, 5) is 33.5. The van der Waals surface area contributed by atoms with E-state index in [0.717, 1.165) is 0 Å². The summed E-state index contributed by atoms with van der Waals surface area (Å²) in [5, 5.41) is 24.4. The minimum Gasteiger partial charge on any atom is -0.481 e. The van der Waals surface area contributed by atoms with Gasteiger partial charge in [-0.3, -0.25) is 19.4 Å². The van der Waals surface area contributed by atoms with E-state index in [1.807, 2.05) is 0 Å². The number of carboxylic acids is 3. The van der Waals surface area contributed by atoms with E-state index in [1.54, 1.807) is 0 Å². The molecule has 0 aromatic rings. The molecule has 11 nitrogen and oxygen atoms in total. The van der Waals surface area contributed by atoms with Gasteiger partial charge in [0.2, 0.25) is 0 Å². The van der Waals surface area contributed by atoms with E-state index in [0.29, 0.717) is 19.4 Å². The standard InChI is InChI=1S/C6H14N4O2.C4H7NO4.ClH/c7-4(5(11)12)2-1-3-10-6(8)9;5-2(4(8)9)1-3(6)7;/h4H,1-3,7H2,(H,11,12)(H4,8,9,10);2H,1,5H2,(H,6,7)(H,8,9);1H/t;2-;/m.0./s1. The minimum atomic E-state index is -1.29. The average Bonchev–Trinajstić information content (AvgIpc) is 2.33. The summed E-state index contributed by atoms with van der Waals surface area (Å²) < 4.78 is 0. The number of nitrogens with zero attached hydrogens (tertiary/aromatic N) is 1. The highest BCUT2D eigenvalue weighted by Gasteiger charge is 2.14. The molecule has 0 radical (unpaired) electrons. The second-order valence-corrected chi connectivity index (χ2v) is 3.94. The number of rotatable bonds is 8. The highest BCUT2D eigenvalue weighted by atomic mass is 35.5. The van der Waals surface area contributed by atoms with Gasteiger partial charge in [0.1, 0.15) is 12.1 Å². The number of aliphatic imine (C=N–C) groups is 1. The second-order valence-electron chi connectivity index (χ2n) is 3.94. The molecule has 0 aliphatic carbocycles. The monoisotopic (exact) mass is 343 g/mol. The molecular formula is C10H22ClN5O6. The van der Waals surface area contributed by atoms with Gasteiger partial charge >= 0.3 is 17.9 Å². The van der Waals surface area contributed by atoms with Gasteiger partial charge in [0.05, 0.1) is 6.42 Å². The lowest BCUT2D eigenvalue weighted by Gasteiger charge is -2.03. The third kappa shape index (κ3) is 17.9. The lowest BCUT2D eigenvalue weighted by molar-refractivity contribution is -0.144. The van der Waals surface area contributed by atoms with Crippen LogP contribution in [0, 0.1) is 0 Å². The summed E-state index contributed by atoms with van der Waals surface area (Å²) in [5.41, 5.74) is 20.2. The maximum atomic E-state index is 10.2. The number of aliphatic carboxylic acids is 3. The molecule has 0 bridgehead atoms. The van der Waals surface area contributed by atoms with Crippen molar-refractivity contribution in [2.75, 3.05) is 6.54 Å². The Morgan fingerprint density at radius 3 is 1.68 bits per heavy atom. The first-order valence-electron chi connectivity index (χ1n) is 5.81. The lowest BCUT2D eigenvalue weighted by atomic mass is 10.2. The Labute approximate surface area is 132 Å². The molecule has 0 rings (SSSR count). The summed E-state index contributed by atoms with van der Waals surface area (Å²) in [6, 6.07) is -2.11. The predicted octanol–water partition coefficient (Wildman–Crippen LogP) is -2.25. The van der Waals surface area contributed by atoms with Crippen LogP contribution < -0.4 is 22.9 Å². The van der Waals surface area contributed by atoms with E-state index >= 15 is 0 Å². The van der Waals surface area contributed by atoms with Crippen molar-refractivity contribution in [1.82, 2.24) is 0 Å². The molecule has 0 fully saturated rings.